The molecule has 0 saturated heterocycles. The first-order valence-corrected chi connectivity index (χ1v) is 8.43. The number of rotatable bonds is 6. The lowest BCUT2D eigenvalue weighted by molar-refractivity contribution is 0.0827. The normalized spacial score (nSPS) is 10.3. The first-order valence-electron chi connectivity index (χ1n) is 8.05. The van der Waals surface area contributed by atoms with E-state index in [1.165, 1.54) is 24.1 Å². The molecule has 0 aliphatic rings. The van der Waals surface area contributed by atoms with Crippen LogP contribution in [0.5, 0.6) is 5.75 Å². The predicted molar refractivity (Wildman–Crippen MR) is 103 cm³/mol. The van der Waals surface area contributed by atoms with Gasteiger partial charge in [0.1, 0.15) is 5.75 Å². The molecule has 0 fully saturated rings. The Labute approximate surface area is 157 Å². The SMILES string of the molecule is COc1cc(N)c(Cl)cc1C(=O)NCCc1cccc(C(=O)N(C)C)c1. The van der Waals surface area contributed by atoms with E-state index in [1.54, 1.807) is 20.2 Å². The number of hydrogen-bond donors (Lipinski definition) is 2. The number of carbonyl (C=O) groups is 2. The van der Waals surface area contributed by atoms with Crippen LogP contribution >= 0.6 is 11.6 Å². The van der Waals surface area contributed by atoms with Gasteiger partial charge in [0.2, 0.25) is 0 Å². The molecule has 2 amide bonds. The predicted octanol–water partition coefficient (Wildman–Crippen LogP) is 2.61. The fourth-order valence-electron chi connectivity index (χ4n) is 2.45. The summed E-state index contributed by atoms with van der Waals surface area (Å²) in [6.07, 6.45) is 0.589. The monoisotopic (exact) mass is 375 g/mol. The smallest absolute Gasteiger partial charge is 0.255 e. The summed E-state index contributed by atoms with van der Waals surface area (Å²) in [6, 6.07) is 10.4. The molecule has 0 radical (unpaired) electrons. The maximum Gasteiger partial charge on any atom is 0.255 e. The third-order valence-corrected chi connectivity index (χ3v) is 4.17. The van der Waals surface area contributed by atoms with Crippen LogP contribution in [0, 0.1) is 0 Å². The molecule has 2 aromatic carbocycles. The second-order valence-corrected chi connectivity index (χ2v) is 6.39. The molecular formula is C19H22ClN3O3. The second kappa shape index (κ2) is 8.58. The molecule has 0 spiro atoms. The summed E-state index contributed by atoms with van der Waals surface area (Å²) in [6.45, 7) is 0.406. The van der Waals surface area contributed by atoms with Gasteiger partial charge in [-0.05, 0) is 30.2 Å². The quantitative estimate of drug-likeness (QED) is 0.760. The van der Waals surface area contributed by atoms with E-state index in [9.17, 15) is 9.59 Å². The summed E-state index contributed by atoms with van der Waals surface area (Å²) in [7, 11) is 4.88. The molecule has 2 aromatic rings. The minimum absolute atomic E-state index is 0.0582. The van der Waals surface area contributed by atoms with Crippen LogP contribution in [0.4, 0.5) is 5.69 Å². The molecule has 138 valence electrons. The van der Waals surface area contributed by atoms with Gasteiger partial charge >= 0.3 is 0 Å². The van der Waals surface area contributed by atoms with Gasteiger partial charge < -0.3 is 20.7 Å². The summed E-state index contributed by atoms with van der Waals surface area (Å²) in [5.74, 6) is 0.00406. The molecule has 0 saturated carbocycles. The van der Waals surface area contributed by atoms with Gasteiger partial charge in [-0.25, -0.2) is 0 Å². The van der Waals surface area contributed by atoms with Crippen molar-refractivity contribution in [1.29, 1.82) is 0 Å². The van der Waals surface area contributed by atoms with Gasteiger partial charge in [-0.3, -0.25) is 9.59 Å². The zero-order valence-corrected chi connectivity index (χ0v) is 15.8. The number of nitrogens with zero attached hydrogens (tertiary/aromatic N) is 1. The van der Waals surface area contributed by atoms with Gasteiger partial charge in [-0.2, -0.15) is 0 Å². The zero-order chi connectivity index (χ0) is 19.3. The number of nitrogens with one attached hydrogen (secondary N) is 1. The molecule has 0 aliphatic carbocycles. The molecular weight excluding hydrogens is 354 g/mol. The summed E-state index contributed by atoms with van der Waals surface area (Å²) in [5, 5.41) is 3.12. The van der Waals surface area contributed by atoms with Crippen LogP contribution in [0.1, 0.15) is 26.3 Å². The van der Waals surface area contributed by atoms with Gasteiger partial charge in [0.15, 0.2) is 0 Å². The second-order valence-electron chi connectivity index (χ2n) is 5.98. The van der Waals surface area contributed by atoms with Crippen molar-refractivity contribution in [3.05, 3.63) is 58.1 Å². The van der Waals surface area contributed by atoms with Gasteiger partial charge in [-0.15, -0.1) is 0 Å². The van der Waals surface area contributed by atoms with Crippen LogP contribution in [-0.4, -0.2) is 44.5 Å². The lowest BCUT2D eigenvalue weighted by Crippen LogP contribution is -2.26. The molecule has 26 heavy (non-hydrogen) atoms. The standard InChI is InChI=1S/C19H22ClN3O3/c1-23(2)19(25)13-6-4-5-12(9-13)7-8-22-18(24)14-10-15(20)16(21)11-17(14)26-3/h4-6,9-11H,7-8,21H2,1-3H3,(H,22,24). The number of nitrogen functional groups attached to an aromatic ring is 1. The van der Waals surface area contributed by atoms with Crippen molar-refractivity contribution in [2.24, 2.45) is 0 Å². The van der Waals surface area contributed by atoms with Gasteiger partial charge in [-0.1, -0.05) is 23.7 Å². The van der Waals surface area contributed by atoms with Gasteiger partial charge in [0, 0.05) is 32.3 Å². The Balaban J connectivity index is 2.02. The Bertz CT molecular complexity index is 822. The number of ether oxygens (including phenoxy) is 1. The molecule has 0 bridgehead atoms. The van der Waals surface area contributed by atoms with E-state index in [-0.39, 0.29) is 11.8 Å². The van der Waals surface area contributed by atoms with Gasteiger partial charge in [0.05, 0.1) is 23.4 Å². The summed E-state index contributed by atoms with van der Waals surface area (Å²) >= 11 is 5.99. The molecule has 0 aromatic heterocycles. The number of methoxy groups -OCH3 is 1. The summed E-state index contributed by atoms with van der Waals surface area (Å²) in [5.41, 5.74) is 7.97. The maximum atomic E-state index is 12.4. The number of nitrogens with two attached hydrogens (primary N) is 1. The van der Waals surface area contributed by atoms with Crippen molar-refractivity contribution >= 4 is 29.1 Å². The maximum absolute atomic E-state index is 12.4. The van der Waals surface area contributed by atoms with E-state index >= 15 is 0 Å². The Hall–Kier alpha value is -2.73. The first kappa shape index (κ1) is 19.6. The summed E-state index contributed by atoms with van der Waals surface area (Å²) < 4.78 is 5.19. The lowest BCUT2D eigenvalue weighted by atomic mass is 10.1. The highest BCUT2D eigenvalue weighted by Gasteiger charge is 2.15. The third kappa shape index (κ3) is 4.67. The van der Waals surface area contributed by atoms with E-state index in [2.05, 4.69) is 5.32 Å². The van der Waals surface area contributed by atoms with Crippen molar-refractivity contribution in [3.8, 4) is 5.75 Å². The zero-order valence-electron chi connectivity index (χ0n) is 15.0. The Morgan fingerprint density at radius 3 is 2.62 bits per heavy atom. The van der Waals surface area contributed by atoms with Crippen molar-refractivity contribution in [2.75, 3.05) is 33.5 Å². The van der Waals surface area contributed by atoms with Crippen LogP contribution < -0.4 is 15.8 Å². The molecule has 0 unspecified atom stereocenters. The highest BCUT2D eigenvalue weighted by atomic mass is 35.5. The topological polar surface area (TPSA) is 84.7 Å². The molecule has 6 nitrogen and oxygen atoms in total. The average Bonchev–Trinajstić information content (AvgIpc) is 2.62. The average molecular weight is 376 g/mol. The van der Waals surface area contributed by atoms with E-state index < -0.39 is 0 Å². The molecule has 7 heteroatoms. The number of anilines is 1. The number of halogens is 1. The van der Waals surface area contributed by atoms with E-state index in [0.29, 0.717) is 40.6 Å². The molecule has 3 N–H and O–H groups in total. The number of carbonyl (C=O) groups excluding carboxylic acids is 2. The van der Waals surface area contributed by atoms with Crippen molar-refractivity contribution in [2.45, 2.75) is 6.42 Å². The van der Waals surface area contributed by atoms with Crippen LogP contribution in [0.15, 0.2) is 36.4 Å². The number of hydrogen-bond acceptors (Lipinski definition) is 4. The molecule has 0 aliphatic heterocycles. The molecule has 0 atom stereocenters. The van der Waals surface area contributed by atoms with Crippen molar-refractivity contribution in [3.63, 3.8) is 0 Å². The Morgan fingerprint density at radius 2 is 1.96 bits per heavy atom. The van der Waals surface area contributed by atoms with Crippen LogP contribution in [0.25, 0.3) is 0 Å². The summed E-state index contributed by atoms with van der Waals surface area (Å²) in [4.78, 5) is 25.9. The fraction of sp³-hybridized carbons (Fsp3) is 0.263. The minimum Gasteiger partial charge on any atom is -0.496 e. The van der Waals surface area contributed by atoms with E-state index in [4.69, 9.17) is 22.1 Å². The van der Waals surface area contributed by atoms with Crippen LogP contribution in [-0.2, 0) is 6.42 Å². The Morgan fingerprint density at radius 1 is 1.23 bits per heavy atom. The van der Waals surface area contributed by atoms with Crippen LogP contribution in [0.2, 0.25) is 5.02 Å². The number of benzene rings is 2. The fourth-order valence-corrected chi connectivity index (χ4v) is 2.61. The van der Waals surface area contributed by atoms with Crippen molar-refractivity contribution in [1.82, 2.24) is 10.2 Å². The Kier molecular flexibility index (Phi) is 6.46. The highest BCUT2D eigenvalue weighted by Crippen LogP contribution is 2.28. The largest absolute Gasteiger partial charge is 0.496 e. The van der Waals surface area contributed by atoms with E-state index in [1.807, 2.05) is 18.2 Å². The van der Waals surface area contributed by atoms with Gasteiger partial charge in [0.25, 0.3) is 11.8 Å². The first-order chi connectivity index (χ1) is 12.3. The molecule has 0 heterocycles. The third-order valence-electron chi connectivity index (χ3n) is 3.84. The van der Waals surface area contributed by atoms with E-state index in [0.717, 1.165) is 5.56 Å². The number of amides is 2. The molecule has 2 rings (SSSR count). The lowest BCUT2D eigenvalue weighted by Gasteiger charge is -2.12. The van der Waals surface area contributed by atoms with Crippen LogP contribution in [0.3, 0.4) is 0 Å². The minimum atomic E-state index is -0.302. The van der Waals surface area contributed by atoms with Crippen molar-refractivity contribution < 1.29 is 14.3 Å². The highest BCUT2D eigenvalue weighted by molar-refractivity contribution is 6.33.